The van der Waals surface area contributed by atoms with Gasteiger partial charge in [0.15, 0.2) is 0 Å². The Balaban J connectivity index is 1.41. The second kappa shape index (κ2) is 15.1. The Labute approximate surface area is 282 Å². The first kappa shape index (κ1) is 34.7. The molecule has 0 saturated carbocycles. The Bertz CT molecular complexity index is 1500. The number of likely N-dealkylation sites (tertiary alicyclic amines) is 1. The van der Waals surface area contributed by atoms with Crippen molar-refractivity contribution < 1.29 is 33.8 Å². The molecule has 0 aliphatic carbocycles. The van der Waals surface area contributed by atoms with E-state index in [0.717, 1.165) is 5.52 Å². The normalized spacial score (nSPS) is 26.7. The van der Waals surface area contributed by atoms with Crippen molar-refractivity contribution in [1.29, 1.82) is 0 Å². The van der Waals surface area contributed by atoms with E-state index >= 15 is 0 Å². The molecule has 1 aromatic carbocycles. The van der Waals surface area contributed by atoms with Crippen molar-refractivity contribution in [2.24, 2.45) is 11.8 Å². The third-order valence-electron chi connectivity index (χ3n) is 9.22. The molecule has 4 heterocycles. The van der Waals surface area contributed by atoms with E-state index in [4.69, 9.17) is 9.47 Å². The van der Waals surface area contributed by atoms with Gasteiger partial charge in [0.2, 0.25) is 17.7 Å². The Morgan fingerprint density at radius 2 is 2.04 bits per heavy atom. The third-order valence-corrected chi connectivity index (χ3v) is 10.1. The van der Waals surface area contributed by atoms with Crippen LogP contribution in [0.3, 0.4) is 0 Å². The van der Waals surface area contributed by atoms with Crippen LogP contribution >= 0.6 is 15.9 Å². The molecule has 254 valence electrons. The number of carbonyl (C=O) groups is 4. The lowest BCUT2D eigenvalue weighted by molar-refractivity contribution is -0.159. The molecule has 1 unspecified atom stereocenters. The number of para-hydroxylation sites is 1. The van der Waals surface area contributed by atoms with Crippen LogP contribution in [0.15, 0.2) is 49.6 Å². The molecule has 1 spiro atoms. The molecule has 3 aliphatic rings. The van der Waals surface area contributed by atoms with E-state index in [1.165, 1.54) is 0 Å². The summed E-state index contributed by atoms with van der Waals surface area (Å²) in [5, 5.41) is 20.6. The second-order valence-corrected chi connectivity index (χ2v) is 13.6. The highest BCUT2D eigenvalue weighted by molar-refractivity contribution is 9.09. The highest BCUT2D eigenvalue weighted by Gasteiger charge is 2.77. The number of carbonyl (C=O) groups excluding carboxylic acids is 4. The van der Waals surface area contributed by atoms with Gasteiger partial charge in [0.1, 0.15) is 29.9 Å². The second-order valence-electron chi connectivity index (χ2n) is 12.4. The summed E-state index contributed by atoms with van der Waals surface area (Å²) >= 11 is 3.69. The number of hydrogen-bond acceptors (Lipinski definition) is 9. The van der Waals surface area contributed by atoms with E-state index in [1.54, 1.807) is 33.6 Å². The fourth-order valence-corrected chi connectivity index (χ4v) is 8.06. The van der Waals surface area contributed by atoms with Crippen molar-refractivity contribution in [1.82, 2.24) is 30.1 Å². The summed E-state index contributed by atoms with van der Waals surface area (Å²) in [6, 6.07) is 6.43. The van der Waals surface area contributed by atoms with Gasteiger partial charge >= 0.3 is 5.97 Å². The van der Waals surface area contributed by atoms with E-state index in [1.807, 2.05) is 24.3 Å². The number of allylic oxidation sites excluding steroid dienone is 1. The number of nitrogens with one attached hydrogen (secondary N) is 1. The minimum atomic E-state index is -1.26. The van der Waals surface area contributed by atoms with Crippen LogP contribution in [0.5, 0.6) is 0 Å². The van der Waals surface area contributed by atoms with Gasteiger partial charge < -0.3 is 29.7 Å². The van der Waals surface area contributed by atoms with Crippen molar-refractivity contribution in [2.75, 3.05) is 26.2 Å². The molecule has 7 atom stereocenters. The molecule has 3 amide bonds. The summed E-state index contributed by atoms with van der Waals surface area (Å²) < 4.78 is 14.0. The summed E-state index contributed by atoms with van der Waals surface area (Å²) in [4.78, 5) is 57.7. The summed E-state index contributed by atoms with van der Waals surface area (Å²) in [5.41, 5.74) is 0.173. The lowest BCUT2D eigenvalue weighted by Gasteiger charge is -2.37. The van der Waals surface area contributed by atoms with Gasteiger partial charge in [0.05, 0.1) is 30.0 Å². The molecule has 2 aromatic rings. The zero-order valence-corrected chi connectivity index (χ0v) is 28.2. The number of hydrogen-bond donors (Lipinski definition) is 2. The number of aliphatic hydroxyl groups is 1. The Kier molecular flexibility index (Phi) is 11.1. The number of unbranched alkanes of at least 4 members (excludes halogenated alkanes) is 2. The van der Waals surface area contributed by atoms with Gasteiger partial charge in [-0.25, -0.2) is 4.68 Å². The maximum absolute atomic E-state index is 14.7. The first-order chi connectivity index (χ1) is 22.7. The van der Waals surface area contributed by atoms with Crippen LogP contribution in [0.1, 0.15) is 45.4 Å². The SMILES string of the molecule is C=CCCC(=O)NC[C@@H](C)OC(=O)[C@@H]1[C@H]2O[C@@]3(CC2Br)[C@H](C(=O)N(CC=C)Cn2nnc4ccccc42)N(CCCCCO)C(=O)[C@@H]13. The molecule has 2 bridgehead atoms. The average molecular weight is 716 g/mol. The smallest absolute Gasteiger partial charge is 0.312 e. The summed E-state index contributed by atoms with van der Waals surface area (Å²) in [7, 11) is 0. The molecular formula is C33H43BrN6O7. The lowest BCUT2D eigenvalue weighted by atomic mass is 9.70. The first-order valence-corrected chi connectivity index (χ1v) is 17.1. The number of rotatable bonds is 17. The number of alkyl halides is 1. The van der Waals surface area contributed by atoms with Crippen molar-refractivity contribution in [2.45, 2.75) is 80.8 Å². The number of halogens is 1. The maximum atomic E-state index is 14.7. The van der Waals surface area contributed by atoms with E-state index in [-0.39, 0.29) is 61.9 Å². The quantitative estimate of drug-likeness (QED) is 0.109. The number of benzene rings is 1. The van der Waals surface area contributed by atoms with Crippen LogP contribution in [-0.4, -0.2) is 109 Å². The van der Waals surface area contributed by atoms with Crippen LogP contribution in [0.4, 0.5) is 0 Å². The van der Waals surface area contributed by atoms with Crippen molar-refractivity contribution in [3.63, 3.8) is 0 Å². The van der Waals surface area contributed by atoms with Crippen LogP contribution in [0, 0.1) is 11.8 Å². The fraction of sp³-hybridized carbons (Fsp3) is 0.576. The van der Waals surface area contributed by atoms with Crippen LogP contribution in [-0.2, 0) is 35.3 Å². The Hall–Kier alpha value is -3.62. The molecule has 13 nitrogen and oxygen atoms in total. The van der Waals surface area contributed by atoms with E-state index in [0.29, 0.717) is 37.6 Å². The number of aliphatic hydroxyl groups excluding tert-OH is 1. The zero-order chi connectivity index (χ0) is 33.7. The lowest BCUT2D eigenvalue weighted by Crippen LogP contribution is -2.57. The number of esters is 1. The van der Waals surface area contributed by atoms with Gasteiger partial charge in [-0.2, -0.15) is 0 Å². The molecular weight excluding hydrogens is 672 g/mol. The standard InChI is InChI=1S/C33H43BrN6O7/c1-4-6-14-25(42)35-19-21(3)46-32(45)26-27-30(43)39(16-10-7-11-17-41)29(33(27)18-22(34)28(26)47-33)31(44)38(15-5-2)20-40-24-13-9-8-12-23(24)36-37-40/h4-5,8-9,12-13,21-22,26-29,41H,1-2,6-7,10-11,14-20H2,3H3,(H,35,42)/t21-,22?,26+,27-,28+,29+,33-/m1/s1. The number of fused-ring (bicyclic) bond motifs is 2. The minimum Gasteiger partial charge on any atom is -0.460 e. The highest BCUT2D eigenvalue weighted by Crippen LogP contribution is 2.60. The fourth-order valence-electron chi connectivity index (χ4n) is 7.12. The number of amides is 3. The largest absolute Gasteiger partial charge is 0.460 e. The molecule has 5 rings (SSSR count). The number of aromatic nitrogens is 3. The van der Waals surface area contributed by atoms with Crippen LogP contribution in [0.25, 0.3) is 11.0 Å². The van der Waals surface area contributed by atoms with Gasteiger partial charge in [-0.05, 0) is 51.2 Å². The summed E-state index contributed by atoms with van der Waals surface area (Å²) in [6.45, 7) is 9.81. The Morgan fingerprint density at radius 3 is 2.79 bits per heavy atom. The zero-order valence-electron chi connectivity index (χ0n) is 26.6. The first-order valence-electron chi connectivity index (χ1n) is 16.2. The van der Waals surface area contributed by atoms with Crippen LogP contribution < -0.4 is 5.32 Å². The molecule has 0 radical (unpaired) electrons. The molecule has 1 aromatic heterocycles. The summed E-state index contributed by atoms with van der Waals surface area (Å²) in [6.07, 6.45) is 4.91. The molecule has 3 saturated heterocycles. The summed E-state index contributed by atoms with van der Waals surface area (Å²) in [5.74, 6) is -3.31. The van der Waals surface area contributed by atoms with Crippen molar-refractivity contribution in [3.05, 3.63) is 49.6 Å². The molecule has 2 N–H and O–H groups in total. The third kappa shape index (κ3) is 6.86. The molecule has 47 heavy (non-hydrogen) atoms. The van der Waals surface area contributed by atoms with Crippen molar-refractivity contribution >= 4 is 50.7 Å². The molecule has 14 heteroatoms. The predicted octanol–water partition coefficient (Wildman–Crippen LogP) is 2.33. The van der Waals surface area contributed by atoms with Crippen LogP contribution in [0.2, 0.25) is 0 Å². The highest BCUT2D eigenvalue weighted by atomic mass is 79.9. The van der Waals surface area contributed by atoms with Gasteiger partial charge in [-0.15, -0.1) is 18.3 Å². The topological polar surface area (TPSA) is 156 Å². The van der Waals surface area contributed by atoms with E-state index in [9.17, 15) is 24.3 Å². The van der Waals surface area contributed by atoms with E-state index < -0.39 is 41.7 Å². The van der Waals surface area contributed by atoms with Crippen molar-refractivity contribution in [3.8, 4) is 0 Å². The number of ether oxygens (including phenoxy) is 2. The molecule has 3 aliphatic heterocycles. The number of nitrogens with zero attached hydrogens (tertiary/aromatic N) is 5. The van der Waals surface area contributed by atoms with Gasteiger partial charge in [0, 0.05) is 30.9 Å². The predicted molar refractivity (Wildman–Crippen MR) is 176 cm³/mol. The van der Waals surface area contributed by atoms with Gasteiger partial charge in [-0.1, -0.05) is 45.4 Å². The van der Waals surface area contributed by atoms with Gasteiger partial charge in [0.25, 0.3) is 0 Å². The Morgan fingerprint density at radius 1 is 1.26 bits per heavy atom. The monoisotopic (exact) mass is 714 g/mol. The van der Waals surface area contributed by atoms with Gasteiger partial charge in [-0.3, -0.25) is 19.2 Å². The maximum Gasteiger partial charge on any atom is 0.312 e. The molecule has 3 fully saturated rings. The minimum absolute atomic E-state index is 0.0265. The average Bonchev–Trinajstić information content (AvgIpc) is 3.77. The van der Waals surface area contributed by atoms with E-state index in [2.05, 4.69) is 44.7 Å².